The highest BCUT2D eigenvalue weighted by molar-refractivity contribution is 7.19. The minimum atomic E-state index is 0.0212. The second-order valence-electron chi connectivity index (χ2n) is 7.19. The third-order valence-electron chi connectivity index (χ3n) is 5.42. The summed E-state index contributed by atoms with van der Waals surface area (Å²) in [4.78, 5) is 25.5. The average Bonchev–Trinajstić information content (AvgIpc) is 3.36. The van der Waals surface area contributed by atoms with Gasteiger partial charge in [0.25, 0.3) is 0 Å². The number of carbonyl (C=O) groups is 1. The fourth-order valence-electron chi connectivity index (χ4n) is 3.83. The number of nitrogens with zero attached hydrogens (tertiary/aromatic N) is 5. The van der Waals surface area contributed by atoms with E-state index in [1.54, 1.807) is 22.6 Å². The molecule has 0 saturated carbocycles. The summed E-state index contributed by atoms with van der Waals surface area (Å²) in [5, 5.41) is 8.61. The molecular weight excluding hydrogens is 404 g/mol. The predicted molar refractivity (Wildman–Crippen MR) is 117 cm³/mol. The van der Waals surface area contributed by atoms with Crippen molar-refractivity contribution in [3.8, 4) is 0 Å². The van der Waals surface area contributed by atoms with Crippen LogP contribution in [0.1, 0.15) is 16.9 Å². The number of fused-ring (bicyclic) bond motifs is 4. The largest absolute Gasteiger partial charge is 0.346 e. The maximum Gasteiger partial charge on any atom is 0.225 e. The van der Waals surface area contributed by atoms with Crippen molar-refractivity contribution < 1.29 is 4.79 Å². The number of rotatable bonds is 4. The Kier molecular flexibility index (Phi) is 4.63. The second kappa shape index (κ2) is 7.31. The van der Waals surface area contributed by atoms with Gasteiger partial charge in [-0.25, -0.2) is 9.97 Å². The van der Waals surface area contributed by atoms with Crippen LogP contribution < -0.4 is 5.32 Å². The zero-order valence-corrected chi connectivity index (χ0v) is 17.5. The number of benzene rings is 1. The number of aryl methyl sites for hydroxylation is 1. The van der Waals surface area contributed by atoms with Crippen molar-refractivity contribution in [2.75, 3.05) is 18.9 Å². The van der Waals surface area contributed by atoms with Gasteiger partial charge < -0.3 is 10.2 Å². The number of carbonyl (C=O) groups excluding carboxylic acids is 1. The van der Waals surface area contributed by atoms with Crippen molar-refractivity contribution >= 4 is 60.7 Å². The normalized spacial score (nSPS) is 16.1. The smallest absolute Gasteiger partial charge is 0.225 e. The molecule has 3 aromatic heterocycles. The Bertz CT molecular complexity index is 1220. The first kappa shape index (κ1) is 18.4. The predicted octanol–water partition coefficient (Wildman–Crippen LogP) is 3.84. The highest BCUT2D eigenvalue weighted by Crippen LogP contribution is 2.40. The zero-order chi connectivity index (χ0) is 20.0. The van der Waals surface area contributed by atoms with Crippen LogP contribution in [-0.2, 0) is 17.6 Å². The number of thiophene rings is 1. The van der Waals surface area contributed by atoms with Gasteiger partial charge in [-0.1, -0.05) is 4.49 Å². The summed E-state index contributed by atoms with van der Waals surface area (Å²) in [6, 6.07) is 5.98. The van der Waals surface area contributed by atoms with Gasteiger partial charge in [-0.3, -0.25) is 4.79 Å². The van der Waals surface area contributed by atoms with Gasteiger partial charge in [-0.15, -0.1) is 16.4 Å². The van der Waals surface area contributed by atoms with E-state index in [0.717, 1.165) is 51.2 Å². The molecule has 1 aliphatic carbocycles. The number of anilines is 2. The zero-order valence-electron chi connectivity index (χ0n) is 15.9. The van der Waals surface area contributed by atoms with E-state index in [2.05, 4.69) is 31.8 Å². The van der Waals surface area contributed by atoms with Gasteiger partial charge >= 0.3 is 0 Å². The Labute approximate surface area is 176 Å². The third kappa shape index (κ3) is 3.24. The van der Waals surface area contributed by atoms with Crippen LogP contribution in [0.2, 0.25) is 0 Å². The maximum absolute atomic E-state index is 12.6. The first-order chi connectivity index (χ1) is 14.1. The molecule has 9 heteroatoms. The molecule has 1 aliphatic rings. The average molecular weight is 424 g/mol. The van der Waals surface area contributed by atoms with E-state index < -0.39 is 0 Å². The lowest BCUT2D eigenvalue weighted by atomic mass is 9.87. The molecule has 0 unspecified atom stereocenters. The topological polar surface area (TPSA) is 83.9 Å². The van der Waals surface area contributed by atoms with Crippen molar-refractivity contribution in [1.82, 2.24) is 24.5 Å². The summed E-state index contributed by atoms with van der Waals surface area (Å²) in [5.74, 6) is 1.01. The lowest BCUT2D eigenvalue weighted by molar-refractivity contribution is -0.134. The van der Waals surface area contributed by atoms with E-state index >= 15 is 0 Å². The number of aromatic nitrogens is 4. The fourth-order valence-corrected chi connectivity index (χ4v) is 5.70. The Morgan fingerprint density at radius 2 is 2.28 bits per heavy atom. The molecule has 1 radical (unpaired) electrons. The SMILES string of the molecule is [CH2]CN(C)C(=O)[C@H]1CCc2c(sc3ncnc(Nc4ccc5nnsc5c4)c23)C1. The lowest BCUT2D eigenvalue weighted by Gasteiger charge is -2.25. The van der Waals surface area contributed by atoms with Crippen molar-refractivity contribution in [2.45, 2.75) is 19.3 Å². The molecule has 0 spiro atoms. The quantitative estimate of drug-likeness (QED) is 0.537. The Hall–Kier alpha value is -2.65. The van der Waals surface area contributed by atoms with Crippen molar-refractivity contribution in [2.24, 2.45) is 5.92 Å². The van der Waals surface area contributed by atoms with E-state index in [0.29, 0.717) is 6.54 Å². The highest BCUT2D eigenvalue weighted by Gasteiger charge is 2.30. The van der Waals surface area contributed by atoms with Crippen LogP contribution in [0.5, 0.6) is 0 Å². The molecule has 7 nitrogen and oxygen atoms in total. The standard InChI is InChI=1S/C20H19N6OS2/c1-3-26(2)20(27)11-4-6-13-15(8-11)28-19-17(13)18(21-10-22-19)23-12-5-7-14-16(9-12)29-25-24-14/h5,7,9-11H,1,3-4,6,8H2,2H3,(H,21,22,23)/t11-/m0/s1. The summed E-state index contributed by atoms with van der Waals surface area (Å²) in [6.45, 7) is 4.32. The first-order valence-electron chi connectivity index (χ1n) is 9.42. The van der Waals surface area contributed by atoms with Crippen molar-refractivity contribution in [3.63, 3.8) is 0 Å². The molecule has 0 bridgehead atoms. The Morgan fingerprint density at radius 1 is 1.38 bits per heavy atom. The van der Waals surface area contributed by atoms with Gasteiger partial charge in [0, 0.05) is 30.1 Å². The van der Waals surface area contributed by atoms with Crippen LogP contribution >= 0.6 is 22.9 Å². The maximum atomic E-state index is 12.6. The fraction of sp³-hybridized carbons (Fsp3) is 0.300. The van der Waals surface area contributed by atoms with E-state index in [1.165, 1.54) is 22.0 Å². The van der Waals surface area contributed by atoms with Gasteiger partial charge in [0.1, 0.15) is 22.5 Å². The summed E-state index contributed by atoms with van der Waals surface area (Å²) >= 11 is 3.05. The number of nitrogens with one attached hydrogen (secondary N) is 1. The molecule has 1 N–H and O–H groups in total. The van der Waals surface area contributed by atoms with Gasteiger partial charge in [0.05, 0.1) is 10.1 Å². The van der Waals surface area contributed by atoms with Gasteiger partial charge in [-0.05, 0) is 61.5 Å². The van der Waals surface area contributed by atoms with Crippen molar-refractivity contribution in [3.05, 3.63) is 41.9 Å². The molecule has 1 amide bonds. The molecule has 5 rings (SSSR count). The monoisotopic (exact) mass is 423 g/mol. The Morgan fingerprint density at radius 3 is 3.14 bits per heavy atom. The van der Waals surface area contributed by atoms with Crippen LogP contribution in [-0.4, -0.2) is 44.0 Å². The molecule has 3 heterocycles. The van der Waals surface area contributed by atoms with E-state index in [1.807, 2.05) is 25.2 Å². The van der Waals surface area contributed by atoms with Crippen LogP contribution in [0.25, 0.3) is 20.4 Å². The van der Waals surface area contributed by atoms with Gasteiger partial charge in [-0.2, -0.15) is 0 Å². The van der Waals surface area contributed by atoms with Crippen LogP contribution in [0, 0.1) is 12.8 Å². The number of hydrogen-bond donors (Lipinski definition) is 1. The molecule has 1 aromatic carbocycles. The Balaban J connectivity index is 1.49. The molecule has 0 fully saturated rings. The molecular formula is C20H19N6OS2. The van der Waals surface area contributed by atoms with E-state index in [9.17, 15) is 4.79 Å². The number of hydrogen-bond acceptors (Lipinski definition) is 8. The summed E-state index contributed by atoms with van der Waals surface area (Å²) < 4.78 is 5.02. The number of amides is 1. The van der Waals surface area contributed by atoms with Gasteiger partial charge in [0.2, 0.25) is 5.91 Å². The van der Waals surface area contributed by atoms with Crippen LogP contribution in [0.3, 0.4) is 0 Å². The summed E-state index contributed by atoms with van der Waals surface area (Å²) in [7, 11) is 1.82. The first-order valence-corrected chi connectivity index (χ1v) is 11.0. The lowest BCUT2D eigenvalue weighted by Crippen LogP contribution is -2.35. The highest BCUT2D eigenvalue weighted by atomic mass is 32.1. The minimum absolute atomic E-state index is 0.0212. The van der Waals surface area contributed by atoms with Gasteiger partial charge in [0.15, 0.2) is 0 Å². The minimum Gasteiger partial charge on any atom is -0.346 e. The van der Waals surface area contributed by atoms with Crippen molar-refractivity contribution in [1.29, 1.82) is 0 Å². The molecule has 4 aromatic rings. The van der Waals surface area contributed by atoms with Crippen LogP contribution in [0.4, 0.5) is 11.5 Å². The molecule has 0 aliphatic heterocycles. The molecule has 147 valence electrons. The van der Waals surface area contributed by atoms with Crippen LogP contribution in [0.15, 0.2) is 24.5 Å². The van der Waals surface area contributed by atoms with E-state index in [-0.39, 0.29) is 11.8 Å². The molecule has 29 heavy (non-hydrogen) atoms. The summed E-state index contributed by atoms with van der Waals surface area (Å²) in [5.41, 5.74) is 3.11. The van der Waals surface area contributed by atoms with E-state index in [4.69, 9.17) is 0 Å². The molecule has 0 saturated heterocycles. The summed E-state index contributed by atoms with van der Waals surface area (Å²) in [6.07, 6.45) is 4.06. The second-order valence-corrected chi connectivity index (χ2v) is 9.06. The molecule has 1 atom stereocenters. The third-order valence-corrected chi connectivity index (χ3v) is 7.27.